The first-order chi connectivity index (χ1) is 8.22. The molecule has 17 heavy (non-hydrogen) atoms. The van der Waals surface area contributed by atoms with Crippen molar-refractivity contribution in [3.05, 3.63) is 0 Å². The lowest BCUT2D eigenvalue weighted by Gasteiger charge is -2.40. The van der Waals surface area contributed by atoms with E-state index in [1.54, 1.807) is 0 Å². The van der Waals surface area contributed by atoms with E-state index < -0.39 is 5.97 Å². The Labute approximate surface area is 104 Å². The standard InChI is InChI=1S/C13H24N2O2/c1-2-12(13(16)17)15-9-7-14(8-10-15)11-5-3-4-6-11/h11-12H,2-10H2,1H3,(H,16,17)/t12-/m0/s1. The molecule has 1 N–H and O–H groups in total. The zero-order valence-electron chi connectivity index (χ0n) is 10.8. The average molecular weight is 240 g/mol. The molecule has 4 heteroatoms. The molecule has 1 atom stereocenters. The summed E-state index contributed by atoms with van der Waals surface area (Å²) in [7, 11) is 0. The van der Waals surface area contributed by atoms with Gasteiger partial charge in [-0.15, -0.1) is 0 Å². The molecule has 0 aromatic rings. The van der Waals surface area contributed by atoms with Crippen LogP contribution in [0.3, 0.4) is 0 Å². The fourth-order valence-electron chi connectivity index (χ4n) is 3.27. The average Bonchev–Trinajstić information content (AvgIpc) is 2.84. The van der Waals surface area contributed by atoms with Gasteiger partial charge < -0.3 is 5.11 Å². The minimum Gasteiger partial charge on any atom is -0.480 e. The van der Waals surface area contributed by atoms with Crippen LogP contribution in [0.1, 0.15) is 39.0 Å². The van der Waals surface area contributed by atoms with E-state index in [2.05, 4.69) is 9.80 Å². The zero-order valence-corrected chi connectivity index (χ0v) is 10.8. The Morgan fingerprint density at radius 2 is 1.82 bits per heavy atom. The lowest BCUT2D eigenvalue weighted by atomic mass is 10.1. The molecule has 0 aromatic heterocycles. The maximum absolute atomic E-state index is 11.1. The van der Waals surface area contributed by atoms with Crippen molar-refractivity contribution in [3.8, 4) is 0 Å². The van der Waals surface area contributed by atoms with Gasteiger partial charge in [0.2, 0.25) is 0 Å². The molecule has 4 nitrogen and oxygen atoms in total. The number of nitrogens with zero attached hydrogens (tertiary/aromatic N) is 2. The molecule has 1 saturated heterocycles. The summed E-state index contributed by atoms with van der Waals surface area (Å²) in [5, 5.41) is 9.15. The Hall–Kier alpha value is -0.610. The van der Waals surface area contributed by atoms with Crippen LogP contribution in [0.5, 0.6) is 0 Å². The first-order valence-electron chi connectivity index (χ1n) is 6.93. The third kappa shape index (κ3) is 2.99. The number of aliphatic carboxylic acids is 1. The molecule has 98 valence electrons. The molecule has 2 rings (SSSR count). The molecule has 0 spiro atoms. The number of hydrogen-bond acceptors (Lipinski definition) is 3. The summed E-state index contributed by atoms with van der Waals surface area (Å²) in [6, 6.07) is 0.503. The number of rotatable bonds is 4. The third-order valence-corrected chi connectivity index (χ3v) is 4.30. The van der Waals surface area contributed by atoms with Crippen LogP contribution in [-0.4, -0.2) is 59.1 Å². The Balaban J connectivity index is 1.82. The summed E-state index contributed by atoms with van der Waals surface area (Å²) >= 11 is 0. The summed E-state index contributed by atoms with van der Waals surface area (Å²) in [5.74, 6) is -0.665. The van der Waals surface area contributed by atoms with E-state index in [0.717, 1.165) is 32.2 Å². The van der Waals surface area contributed by atoms with Gasteiger partial charge in [0.1, 0.15) is 6.04 Å². The molecule has 0 amide bonds. The van der Waals surface area contributed by atoms with Crippen LogP contribution >= 0.6 is 0 Å². The van der Waals surface area contributed by atoms with Crippen molar-refractivity contribution >= 4 is 5.97 Å². The number of piperazine rings is 1. The highest BCUT2D eigenvalue weighted by molar-refractivity contribution is 5.73. The Bertz CT molecular complexity index is 256. The topological polar surface area (TPSA) is 43.8 Å². The van der Waals surface area contributed by atoms with Crippen molar-refractivity contribution < 1.29 is 9.90 Å². The first-order valence-corrected chi connectivity index (χ1v) is 6.93. The van der Waals surface area contributed by atoms with Gasteiger partial charge in [-0.1, -0.05) is 19.8 Å². The number of hydrogen-bond donors (Lipinski definition) is 1. The van der Waals surface area contributed by atoms with Crippen LogP contribution in [0.15, 0.2) is 0 Å². The van der Waals surface area contributed by atoms with E-state index in [1.165, 1.54) is 25.7 Å². The van der Waals surface area contributed by atoms with Gasteiger partial charge in [-0.05, 0) is 19.3 Å². The number of carboxylic acid groups (broad SMARTS) is 1. The summed E-state index contributed by atoms with van der Waals surface area (Å²) < 4.78 is 0. The molecule has 0 radical (unpaired) electrons. The van der Waals surface area contributed by atoms with Crippen molar-refractivity contribution in [2.24, 2.45) is 0 Å². The second-order valence-electron chi connectivity index (χ2n) is 5.27. The van der Waals surface area contributed by atoms with E-state index in [4.69, 9.17) is 5.11 Å². The van der Waals surface area contributed by atoms with Gasteiger partial charge in [0.25, 0.3) is 0 Å². The van der Waals surface area contributed by atoms with Gasteiger partial charge in [-0.3, -0.25) is 14.6 Å². The predicted molar refractivity (Wildman–Crippen MR) is 67.1 cm³/mol. The second kappa shape index (κ2) is 5.83. The first kappa shape index (κ1) is 12.8. The summed E-state index contributed by atoms with van der Waals surface area (Å²) in [5.41, 5.74) is 0. The highest BCUT2D eigenvalue weighted by Crippen LogP contribution is 2.24. The van der Waals surface area contributed by atoms with E-state index in [9.17, 15) is 4.79 Å². The molecule has 1 aliphatic heterocycles. The lowest BCUT2D eigenvalue weighted by Crippen LogP contribution is -2.54. The molecule has 1 aliphatic carbocycles. The molecule has 2 fully saturated rings. The fraction of sp³-hybridized carbons (Fsp3) is 0.923. The third-order valence-electron chi connectivity index (χ3n) is 4.30. The molecule has 2 aliphatic rings. The van der Waals surface area contributed by atoms with Crippen LogP contribution in [0, 0.1) is 0 Å². The van der Waals surface area contributed by atoms with Crippen LogP contribution in [0.4, 0.5) is 0 Å². The van der Waals surface area contributed by atoms with Crippen molar-refractivity contribution in [1.29, 1.82) is 0 Å². The van der Waals surface area contributed by atoms with Crippen LogP contribution in [0.25, 0.3) is 0 Å². The van der Waals surface area contributed by atoms with E-state index in [-0.39, 0.29) is 6.04 Å². The van der Waals surface area contributed by atoms with Crippen LogP contribution in [0.2, 0.25) is 0 Å². The quantitative estimate of drug-likeness (QED) is 0.807. The van der Waals surface area contributed by atoms with E-state index in [1.807, 2.05) is 6.92 Å². The van der Waals surface area contributed by atoms with Crippen molar-refractivity contribution in [1.82, 2.24) is 9.80 Å². The summed E-state index contributed by atoms with van der Waals surface area (Å²) in [4.78, 5) is 15.8. The SMILES string of the molecule is CC[C@@H](C(=O)O)N1CCN(C2CCCC2)CC1. The molecule has 0 unspecified atom stereocenters. The van der Waals surface area contributed by atoms with Gasteiger partial charge in [-0.2, -0.15) is 0 Å². The predicted octanol–water partition coefficient (Wildman–Crippen LogP) is 1.41. The molecule has 0 aromatic carbocycles. The van der Waals surface area contributed by atoms with Gasteiger partial charge in [0, 0.05) is 32.2 Å². The molecule has 1 saturated carbocycles. The largest absolute Gasteiger partial charge is 0.480 e. The highest BCUT2D eigenvalue weighted by Gasteiger charge is 2.30. The number of carboxylic acids is 1. The van der Waals surface area contributed by atoms with Crippen LogP contribution in [-0.2, 0) is 4.79 Å². The van der Waals surface area contributed by atoms with Gasteiger partial charge in [0.15, 0.2) is 0 Å². The van der Waals surface area contributed by atoms with Crippen molar-refractivity contribution in [2.45, 2.75) is 51.1 Å². The molecule has 1 heterocycles. The van der Waals surface area contributed by atoms with Crippen LogP contribution < -0.4 is 0 Å². The zero-order chi connectivity index (χ0) is 12.3. The second-order valence-corrected chi connectivity index (χ2v) is 5.27. The minimum absolute atomic E-state index is 0.277. The molecular weight excluding hydrogens is 216 g/mol. The molecular formula is C13H24N2O2. The van der Waals surface area contributed by atoms with Gasteiger partial charge >= 0.3 is 5.97 Å². The van der Waals surface area contributed by atoms with E-state index >= 15 is 0 Å². The van der Waals surface area contributed by atoms with Gasteiger partial charge in [-0.25, -0.2) is 0 Å². The van der Waals surface area contributed by atoms with Gasteiger partial charge in [0.05, 0.1) is 0 Å². The highest BCUT2D eigenvalue weighted by atomic mass is 16.4. The Morgan fingerprint density at radius 3 is 2.29 bits per heavy atom. The fourth-order valence-corrected chi connectivity index (χ4v) is 3.27. The smallest absolute Gasteiger partial charge is 0.320 e. The van der Waals surface area contributed by atoms with Crippen molar-refractivity contribution in [3.63, 3.8) is 0 Å². The normalized spacial score (nSPS) is 26.2. The van der Waals surface area contributed by atoms with Crippen molar-refractivity contribution in [2.75, 3.05) is 26.2 Å². The molecule has 0 bridgehead atoms. The summed E-state index contributed by atoms with van der Waals surface area (Å²) in [6.07, 6.45) is 6.14. The maximum atomic E-state index is 11.1. The minimum atomic E-state index is -0.665. The maximum Gasteiger partial charge on any atom is 0.320 e. The van der Waals surface area contributed by atoms with E-state index in [0.29, 0.717) is 6.42 Å². The lowest BCUT2D eigenvalue weighted by molar-refractivity contribution is -0.144. The number of carbonyl (C=O) groups is 1. The Kier molecular flexibility index (Phi) is 4.40. The summed E-state index contributed by atoms with van der Waals surface area (Å²) in [6.45, 7) is 5.90. The monoisotopic (exact) mass is 240 g/mol. The Morgan fingerprint density at radius 1 is 1.24 bits per heavy atom.